The zero-order valence-electron chi connectivity index (χ0n) is 15.9. The minimum absolute atomic E-state index is 0.00194. The van der Waals surface area contributed by atoms with Crippen molar-refractivity contribution in [3.05, 3.63) is 65.2 Å². The van der Waals surface area contributed by atoms with Gasteiger partial charge in [-0.2, -0.15) is 0 Å². The molecule has 1 N–H and O–H groups in total. The molecule has 2 aromatic rings. The van der Waals surface area contributed by atoms with Crippen LogP contribution in [0.3, 0.4) is 0 Å². The van der Waals surface area contributed by atoms with Gasteiger partial charge >= 0.3 is 0 Å². The minimum atomic E-state index is -0.0285. The Morgan fingerprint density at radius 2 is 1.54 bits per heavy atom. The molecule has 4 heteroatoms. The zero-order valence-corrected chi connectivity index (χ0v) is 15.9. The molecule has 0 atom stereocenters. The number of hydrogen-bond donors (Lipinski definition) is 1. The lowest BCUT2D eigenvalue weighted by Crippen LogP contribution is -2.39. The first kappa shape index (κ1) is 19.7. The summed E-state index contributed by atoms with van der Waals surface area (Å²) in [7, 11) is 0. The van der Waals surface area contributed by atoms with E-state index in [1.807, 2.05) is 36.4 Å². The van der Waals surface area contributed by atoms with Crippen molar-refractivity contribution in [2.75, 3.05) is 18.0 Å². The number of carbonyl (C=O) groups excluding carboxylic acids is 2. The van der Waals surface area contributed by atoms with Crippen LogP contribution in [0.1, 0.15) is 37.5 Å². The number of hydrogen-bond acceptors (Lipinski definition) is 2. The summed E-state index contributed by atoms with van der Waals surface area (Å²) in [5.74, 6) is -0.0305. The van der Waals surface area contributed by atoms with Crippen molar-refractivity contribution in [2.45, 2.75) is 40.0 Å². The SMILES string of the molecule is CCc1cccc(CC)c1N(CCNC(=O)Cc1ccccc1)C(C)=O. The summed E-state index contributed by atoms with van der Waals surface area (Å²) in [4.78, 5) is 26.2. The van der Waals surface area contributed by atoms with Gasteiger partial charge in [0.05, 0.1) is 12.1 Å². The second kappa shape index (κ2) is 9.76. The number of benzene rings is 2. The van der Waals surface area contributed by atoms with Gasteiger partial charge in [-0.1, -0.05) is 62.4 Å². The Morgan fingerprint density at radius 3 is 2.08 bits per heavy atom. The van der Waals surface area contributed by atoms with Crippen molar-refractivity contribution in [2.24, 2.45) is 0 Å². The molecule has 0 spiro atoms. The maximum atomic E-state index is 12.3. The average molecular weight is 352 g/mol. The van der Waals surface area contributed by atoms with E-state index in [4.69, 9.17) is 0 Å². The Labute approximate surface area is 156 Å². The Bertz CT molecular complexity index is 719. The van der Waals surface area contributed by atoms with E-state index >= 15 is 0 Å². The van der Waals surface area contributed by atoms with E-state index < -0.39 is 0 Å². The fraction of sp³-hybridized carbons (Fsp3) is 0.364. The maximum Gasteiger partial charge on any atom is 0.224 e. The van der Waals surface area contributed by atoms with Crippen LogP contribution in [-0.2, 0) is 28.9 Å². The van der Waals surface area contributed by atoms with Gasteiger partial charge in [-0.25, -0.2) is 0 Å². The lowest BCUT2D eigenvalue weighted by atomic mass is 10.0. The Kier molecular flexibility index (Phi) is 7.39. The average Bonchev–Trinajstić information content (AvgIpc) is 2.65. The minimum Gasteiger partial charge on any atom is -0.354 e. The highest BCUT2D eigenvalue weighted by Crippen LogP contribution is 2.27. The summed E-state index contributed by atoms with van der Waals surface area (Å²) in [6.45, 7) is 6.68. The van der Waals surface area contributed by atoms with E-state index in [-0.39, 0.29) is 11.8 Å². The van der Waals surface area contributed by atoms with Gasteiger partial charge in [-0.05, 0) is 29.5 Å². The molecule has 2 rings (SSSR count). The molecule has 0 bridgehead atoms. The molecule has 138 valence electrons. The molecule has 0 unspecified atom stereocenters. The van der Waals surface area contributed by atoms with E-state index in [1.165, 1.54) is 0 Å². The predicted octanol–water partition coefficient (Wildman–Crippen LogP) is 3.52. The molecular formula is C22H28N2O2. The highest BCUT2D eigenvalue weighted by atomic mass is 16.2. The molecule has 2 amide bonds. The lowest BCUT2D eigenvalue weighted by Gasteiger charge is -2.26. The molecule has 0 heterocycles. The zero-order chi connectivity index (χ0) is 18.9. The monoisotopic (exact) mass is 352 g/mol. The smallest absolute Gasteiger partial charge is 0.224 e. The van der Waals surface area contributed by atoms with Gasteiger partial charge in [-0.15, -0.1) is 0 Å². The second-order valence-electron chi connectivity index (χ2n) is 6.31. The normalized spacial score (nSPS) is 10.4. The summed E-state index contributed by atoms with van der Waals surface area (Å²) < 4.78 is 0. The van der Waals surface area contributed by atoms with Crippen LogP contribution in [0.2, 0.25) is 0 Å². The van der Waals surface area contributed by atoms with Crippen molar-refractivity contribution in [1.82, 2.24) is 5.32 Å². The second-order valence-corrected chi connectivity index (χ2v) is 6.31. The highest BCUT2D eigenvalue weighted by molar-refractivity contribution is 5.93. The summed E-state index contributed by atoms with van der Waals surface area (Å²) in [6.07, 6.45) is 2.09. The largest absolute Gasteiger partial charge is 0.354 e. The molecule has 0 aliphatic heterocycles. The van der Waals surface area contributed by atoms with E-state index in [1.54, 1.807) is 11.8 Å². The van der Waals surface area contributed by atoms with Crippen molar-refractivity contribution >= 4 is 17.5 Å². The van der Waals surface area contributed by atoms with Gasteiger partial charge in [0, 0.05) is 20.0 Å². The van der Waals surface area contributed by atoms with E-state index in [2.05, 4.69) is 31.3 Å². The predicted molar refractivity (Wildman–Crippen MR) is 106 cm³/mol. The number of rotatable bonds is 8. The van der Waals surface area contributed by atoms with Crippen molar-refractivity contribution in [1.29, 1.82) is 0 Å². The molecule has 0 aromatic heterocycles. The van der Waals surface area contributed by atoms with Crippen LogP contribution >= 0.6 is 0 Å². The van der Waals surface area contributed by atoms with E-state index in [0.29, 0.717) is 19.5 Å². The fourth-order valence-electron chi connectivity index (χ4n) is 3.14. The van der Waals surface area contributed by atoms with Crippen LogP contribution in [0.15, 0.2) is 48.5 Å². The quantitative estimate of drug-likeness (QED) is 0.790. The van der Waals surface area contributed by atoms with Crippen LogP contribution in [0.4, 0.5) is 5.69 Å². The number of nitrogens with one attached hydrogen (secondary N) is 1. The van der Waals surface area contributed by atoms with Gasteiger partial charge in [0.15, 0.2) is 0 Å². The van der Waals surface area contributed by atoms with Crippen LogP contribution < -0.4 is 10.2 Å². The first-order valence-corrected chi connectivity index (χ1v) is 9.26. The first-order chi connectivity index (χ1) is 12.6. The molecule has 0 saturated carbocycles. The summed E-state index contributed by atoms with van der Waals surface area (Å²) in [5.41, 5.74) is 4.31. The molecule has 4 nitrogen and oxygen atoms in total. The highest BCUT2D eigenvalue weighted by Gasteiger charge is 2.18. The number of aryl methyl sites for hydroxylation is 2. The fourth-order valence-corrected chi connectivity index (χ4v) is 3.14. The first-order valence-electron chi connectivity index (χ1n) is 9.26. The van der Waals surface area contributed by atoms with Crippen LogP contribution in [0.25, 0.3) is 0 Å². The van der Waals surface area contributed by atoms with E-state index in [9.17, 15) is 9.59 Å². The topological polar surface area (TPSA) is 49.4 Å². The molecule has 0 fully saturated rings. The van der Waals surface area contributed by atoms with Gasteiger partial charge in [0.2, 0.25) is 11.8 Å². The number of anilines is 1. The summed E-state index contributed by atoms with van der Waals surface area (Å²) >= 11 is 0. The van der Waals surface area contributed by atoms with Gasteiger partial charge in [0.1, 0.15) is 0 Å². The Morgan fingerprint density at radius 1 is 0.923 bits per heavy atom. The van der Waals surface area contributed by atoms with Gasteiger partial charge < -0.3 is 10.2 Å². The molecule has 2 aromatic carbocycles. The number of para-hydroxylation sites is 1. The molecule has 0 aliphatic rings. The van der Waals surface area contributed by atoms with Gasteiger partial charge in [-0.3, -0.25) is 9.59 Å². The Hall–Kier alpha value is -2.62. The summed E-state index contributed by atoms with van der Waals surface area (Å²) in [5, 5.41) is 2.93. The third-order valence-corrected chi connectivity index (χ3v) is 4.48. The van der Waals surface area contributed by atoms with Gasteiger partial charge in [0.25, 0.3) is 0 Å². The van der Waals surface area contributed by atoms with Crippen molar-refractivity contribution < 1.29 is 9.59 Å². The van der Waals surface area contributed by atoms with Crippen LogP contribution in [0.5, 0.6) is 0 Å². The van der Waals surface area contributed by atoms with Crippen LogP contribution in [-0.4, -0.2) is 24.9 Å². The van der Waals surface area contributed by atoms with Crippen LogP contribution in [0, 0.1) is 0 Å². The number of amides is 2. The molecular weight excluding hydrogens is 324 g/mol. The lowest BCUT2D eigenvalue weighted by molar-refractivity contribution is -0.121. The number of nitrogens with zero attached hydrogens (tertiary/aromatic N) is 1. The van der Waals surface area contributed by atoms with E-state index in [0.717, 1.165) is 35.2 Å². The Balaban J connectivity index is 2.03. The van der Waals surface area contributed by atoms with Crippen molar-refractivity contribution in [3.8, 4) is 0 Å². The third kappa shape index (κ3) is 5.19. The number of carbonyl (C=O) groups is 2. The van der Waals surface area contributed by atoms with Crippen molar-refractivity contribution in [3.63, 3.8) is 0 Å². The molecule has 0 radical (unpaired) electrons. The summed E-state index contributed by atoms with van der Waals surface area (Å²) in [6, 6.07) is 15.8. The maximum absolute atomic E-state index is 12.3. The molecule has 26 heavy (non-hydrogen) atoms. The third-order valence-electron chi connectivity index (χ3n) is 4.48. The molecule has 0 saturated heterocycles. The standard InChI is InChI=1S/C22H28N2O2/c1-4-19-12-9-13-20(5-2)22(19)24(17(3)25)15-14-23-21(26)16-18-10-7-6-8-11-18/h6-13H,4-5,14-16H2,1-3H3,(H,23,26). The molecule has 0 aliphatic carbocycles.